The average Bonchev–Trinajstić information content (AvgIpc) is 2.89. The number of amides is 2. The van der Waals surface area contributed by atoms with E-state index < -0.39 is 37.0 Å². The number of nitrogens with one attached hydrogen (secondary N) is 1. The molecule has 1 aromatic carbocycles. The van der Waals surface area contributed by atoms with E-state index in [9.17, 15) is 18.0 Å². The van der Waals surface area contributed by atoms with E-state index in [1.807, 2.05) is 58.9 Å². The Hall–Kier alpha value is -1.74. The summed E-state index contributed by atoms with van der Waals surface area (Å²) in [6.45, 7) is 12.3. The first kappa shape index (κ1) is 25.5. The van der Waals surface area contributed by atoms with E-state index in [0.717, 1.165) is 11.0 Å². The summed E-state index contributed by atoms with van der Waals surface area (Å²) < 4.78 is 49.8. The van der Waals surface area contributed by atoms with Gasteiger partial charge in [0.05, 0.1) is 11.2 Å². The maximum absolute atomic E-state index is 12.7. The van der Waals surface area contributed by atoms with Crippen molar-refractivity contribution in [3.8, 4) is 0 Å². The molecule has 1 aliphatic rings. The first-order valence-electron chi connectivity index (χ1n) is 10.8. The van der Waals surface area contributed by atoms with Gasteiger partial charge < -0.3 is 19.5 Å². The van der Waals surface area contributed by atoms with Crippen molar-refractivity contribution in [2.75, 3.05) is 6.54 Å². The summed E-state index contributed by atoms with van der Waals surface area (Å²) in [6.07, 6.45) is -4.82. The Morgan fingerprint density at radius 1 is 1.16 bits per heavy atom. The predicted molar refractivity (Wildman–Crippen MR) is 116 cm³/mol. The maximum Gasteiger partial charge on any atom is 0.494 e. The van der Waals surface area contributed by atoms with Crippen LogP contribution in [-0.2, 0) is 15.9 Å². The maximum atomic E-state index is 12.7. The van der Waals surface area contributed by atoms with Gasteiger partial charge in [0, 0.05) is 25.6 Å². The van der Waals surface area contributed by atoms with E-state index in [-0.39, 0.29) is 12.5 Å². The van der Waals surface area contributed by atoms with Crippen molar-refractivity contribution >= 4 is 18.6 Å². The average molecular weight is 442 g/mol. The highest BCUT2D eigenvalue weighted by molar-refractivity contribution is 6.62. The second-order valence-electron chi connectivity index (χ2n) is 9.06. The van der Waals surface area contributed by atoms with Gasteiger partial charge >= 0.3 is 19.3 Å². The van der Waals surface area contributed by atoms with E-state index in [0.29, 0.717) is 19.5 Å². The van der Waals surface area contributed by atoms with Gasteiger partial charge in [-0.3, -0.25) is 0 Å². The number of halogens is 3. The Morgan fingerprint density at radius 3 is 2.29 bits per heavy atom. The van der Waals surface area contributed by atoms with Crippen molar-refractivity contribution in [3.63, 3.8) is 0 Å². The largest absolute Gasteiger partial charge is 0.494 e. The summed E-state index contributed by atoms with van der Waals surface area (Å²) in [5.74, 6) is 0. The van der Waals surface area contributed by atoms with Gasteiger partial charge in [-0.15, -0.1) is 0 Å². The smallest absolute Gasteiger partial charge is 0.399 e. The monoisotopic (exact) mass is 442 g/mol. The van der Waals surface area contributed by atoms with Crippen LogP contribution in [0.25, 0.3) is 0 Å². The third-order valence-corrected chi connectivity index (χ3v) is 6.12. The highest BCUT2D eigenvalue weighted by Gasteiger charge is 2.51. The van der Waals surface area contributed by atoms with Gasteiger partial charge in [-0.1, -0.05) is 31.2 Å². The fraction of sp³-hybridized carbons (Fsp3) is 0.682. The Labute approximate surface area is 183 Å². The van der Waals surface area contributed by atoms with Crippen LogP contribution in [0.2, 0.25) is 0 Å². The van der Waals surface area contributed by atoms with Crippen LogP contribution in [0.4, 0.5) is 18.0 Å². The molecule has 1 aliphatic heterocycles. The van der Waals surface area contributed by atoms with Crippen LogP contribution in [0.1, 0.15) is 66.4 Å². The molecule has 174 valence electrons. The molecule has 1 atom stereocenters. The fourth-order valence-electron chi connectivity index (χ4n) is 3.35. The molecule has 0 aliphatic carbocycles. The van der Waals surface area contributed by atoms with Crippen LogP contribution in [0.15, 0.2) is 24.3 Å². The van der Waals surface area contributed by atoms with E-state index in [4.69, 9.17) is 9.31 Å². The third kappa shape index (κ3) is 6.87. The minimum atomic E-state index is -4.23. The molecule has 1 heterocycles. The quantitative estimate of drug-likeness (QED) is 0.597. The standard InChI is InChI=1S/C22H34BF3N2O3/c1-7-18(12-13-22(24,25)26)27-19(29)28(8-2)15-16-10-9-11-17(14-16)23-30-20(3,4)21(5,6)31-23/h9-11,14,18H,7-8,12-13,15H2,1-6H3,(H,27,29). The second-order valence-corrected chi connectivity index (χ2v) is 9.06. The summed E-state index contributed by atoms with van der Waals surface area (Å²) in [6, 6.07) is 6.79. The zero-order valence-electron chi connectivity index (χ0n) is 19.3. The molecule has 9 heteroatoms. The van der Waals surface area contributed by atoms with Crippen molar-refractivity contribution < 1.29 is 27.3 Å². The van der Waals surface area contributed by atoms with Crippen molar-refractivity contribution in [3.05, 3.63) is 29.8 Å². The molecule has 2 amide bonds. The lowest BCUT2D eigenvalue weighted by atomic mass is 9.78. The van der Waals surface area contributed by atoms with Crippen molar-refractivity contribution in [2.24, 2.45) is 0 Å². The normalized spacial score (nSPS) is 18.7. The molecule has 31 heavy (non-hydrogen) atoms. The number of benzene rings is 1. The highest BCUT2D eigenvalue weighted by atomic mass is 19.4. The number of nitrogens with zero attached hydrogens (tertiary/aromatic N) is 1. The summed E-state index contributed by atoms with van der Waals surface area (Å²) >= 11 is 0. The molecule has 1 unspecified atom stereocenters. The summed E-state index contributed by atoms with van der Waals surface area (Å²) in [7, 11) is -0.499. The number of alkyl halides is 3. The van der Waals surface area contributed by atoms with Gasteiger partial charge in [-0.25, -0.2) is 4.79 Å². The van der Waals surface area contributed by atoms with Crippen LogP contribution < -0.4 is 10.8 Å². The molecular formula is C22H34BF3N2O3. The van der Waals surface area contributed by atoms with Gasteiger partial charge in [0.2, 0.25) is 0 Å². The van der Waals surface area contributed by atoms with Gasteiger partial charge in [-0.2, -0.15) is 13.2 Å². The van der Waals surface area contributed by atoms with Crippen molar-refractivity contribution in [1.29, 1.82) is 0 Å². The Morgan fingerprint density at radius 2 is 1.77 bits per heavy atom. The second kappa shape index (κ2) is 9.82. The molecule has 0 spiro atoms. The number of urea groups is 1. The van der Waals surface area contributed by atoms with Gasteiger partial charge in [-0.05, 0) is 58.5 Å². The zero-order valence-corrected chi connectivity index (χ0v) is 19.3. The number of rotatable bonds is 8. The van der Waals surface area contributed by atoms with Crippen molar-refractivity contribution in [2.45, 2.75) is 90.8 Å². The number of carbonyl (C=O) groups excluding carboxylic acids is 1. The van der Waals surface area contributed by atoms with Crippen LogP contribution in [0, 0.1) is 0 Å². The summed E-state index contributed by atoms with van der Waals surface area (Å²) in [4.78, 5) is 14.3. The molecule has 1 fully saturated rings. The molecule has 0 bridgehead atoms. The number of hydrogen-bond acceptors (Lipinski definition) is 3. The molecule has 0 saturated carbocycles. The van der Waals surface area contributed by atoms with E-state index in [1.165, 1.54) is 0 Å². The Balaban J connectivity index is 2.03. The molecule has 0 aromatic heterocycles. The Bertz CT molecular complexity index is 740. The minimum Gasteiger partial charge on any atom is -0.399 e. The minimum absolute atomic E-state index is 0.124. The highest BCUT2D eigenvalue weighted by Crippen LogP contribution is 2.36. The van der Waals surface area contributed by atoms with E-state index in [1.54, 1.807) is 11.8 Å². The van der Waals surface area contributed by atoms with Crippen LogP contribution in [0.5, 0.6) is 0 Å². The summed E-state index contributed by atoms with van der Waals surface area (Å²) in [5.41, 5.74) is 0.861. The van der Waals surface area contributed by atoms with Gasteiger partial charge in [0.25, 0.3) is 0 Å². The predicted octanol–water partition coefficient (Wildman–Crippen LogP) is 4.64. The molecule has 2 rings (SSSR count). The summed E-state index contributed by atoms with van der Waals surface area (Å²) in [5, 5.41) is 2.74. The van der Waals surface area contributed by atoms with Crippen LogP contribution in [-0.4, -0.2) is 48.0 Å². The molecule has 5 nitrogen and oxygen atoms in total. The fourth-order valence-corrected chi connectivity index (χ4v) is 3.35. The van der Waals surface area contributed by atoms with Gasteiger partial charge in [0.1, 0.15) is 0 Å². The first-order chi connectivity index (χ1) is 14.3. The molecule has 0 radical (unpaired) electrons. The van der Waals surface area contributed by atoms with E-state index in [2.05, 4.69) is 5.32 Å². The first-order valence-corrected chi connectivity index (χ1v) is 10.8. The number of hydrogen-bond donors (Lipinski definition) is 1. The molecule has 1 N–H and O–H groups in total. The Kier molecular flexibility index (Phi) is 8.08. The van der Waals surface area contributed by atoms with Crippen LogP contribution in [0.3, 0.4) is 0 Å². The van der Waals surface area contributed by atoms with Crippen molar-refractivity contribution in [1.82, 2.24) is 10.2 Å². The lowest BCUT2D eigenvalue weighted by Crippen LogP contribution is -2.44. The lowest BCUT2D eigenvalue weighted by molar-refractivity contribution is -0.136. The molecule has 1 saturated heterocycles. The van der Waals surface area contributed by atoms with Crippen LogP contribution >= 0.6 is 0 Å². The topological polar surface area (TPSA) is 50.8 Å². The third-order valence-electron chi connectivity index (χ3n) is 6.12. The lowest BCUT2D eigenvalue weighted by Gasteiger charge is -2.32. The number of carbonyl (C=O) groups is 1. The SMILES string of the molecule is CCC(CCC(F)(F)F)NC(=O)N(CC)Cc1cccc(B2OC(C)(C)C(C)(C)O2)c1. The molecular weight excluding hydrogens is 408 g/mol. The molecule has 1 aromatic rings. The zero-order chi connectivity index (χ0) is 23.4. The van der Waals surface area contributed by atoms with E-state index >= 15 is 0 Å². The van der Waals surface area contributed by atoms with Gasteiger partial charge in [0.15, 0.2) is 0 Å².